The summed E-state index contributed by atoms with van der Waals surface area (Å²) in [5, 5.41) is 9.55. The van der Waals surface area contributed by atoms with Crippen molar-refractivity contribution in [1.29, 1.82) is 0 Å². The summed E-state index contributed by atoms with van der Waals surface area (Å²) in [6.07, 6.45) is 33.7. The van der Waals surface area contributed by atoms with Crippen LogP contribution in [0, 0.1) is 0 Å². The number of carbonyl (C=O) groups is 2. The summed E-state index contributed by atoms with van der Waals surface area (Å²) < 4.78 is 5.62. The predicted molar refractivity (Wildman–Crippen MR) is 207 cm³/mol. The lowest BCUT2D eigenvalue weighted by atomic mass is 10.1. The van der Waals surface area contributed by atoms with Gasteiger partial charge in [-0.15, -0.1) is 0 Å². The van der Waals surface area contributed by atoms with Crippen LogP contribution < -0.4 is 0 Å². The van der Waals surface area contributed by atoms with Gasteiger partial charge in [0, 0.05) is 32.5 Å². The highest BCUT2D eigenvalue weighted by Crippen LogP contribution is 2.14. The van der Waals surface area contributed by atoms with Crippen molar-refractivity contribution >= 4 is 11.9 Å². The van der Waals surface area contributed by atoms with E-state index in [1.807, 2.05) is 6.92 Å². The van der Waals surface area contributed by atoms with Crippen LogP contribution >= 0.6 is 0 Å². The third kappa shape index (κ3) is 32.1. The molecule has 0 saturated carbocycles. The summed E-state index contributed by atoms with van der Waals surface area (Å²) in [6.45, 7) is 13.6. The number of unbranched alkanes of at least 4 members (excludes halogenated alkanes) is 21. The van der Waals surface area contributed by atoms with Crippen molar-refractivity contribution in [2.45, 2.75) is 220 Å². The molecule has 0 aliphatic carbocycles. The van der Waals surface area contributed by atoms with Gasteiger partial charge in [0.05, 0.1) is 12.7 Å². The average Bonchev–Trinajstić information content (AvgIpc) is 3.07. The molecule has 0 bridgehead atoms. The van der Waals surface area contributed by atoms with E-state index in [4.69, 9.17) is 4.74 Å². The van der Waals surface area contributed by atoms with Crippen LogP contribution in [0.2, 0.25) is 0 Å². The van der Waals surface area contributed by atoms with Gasteiger partial charge in [-0.1, -0.05) is 143 Å². The van der Waals surface area contributed by atoms with E-state index in [0.717, 1.165) is 96.9 Å². The zero-order chi connectivity index (χ0) is 35.3. The molecule has 0 radical (unpaired) electrons. The summed E-state index contributed by atoms with van der Waals surface area (Å²) >= 11 is 0. The van der Waals surface area contributed by atoms with E-state index >= 15 is 0 Å². The Morgan fingerprint density at radius 1 is 0.500 bits per heavy atom. The number of nitrogens with zero attached hydrogens (tertiary/aromatic N) is 2. The first-order valence-electron chi connectivity index (χ1n) is 21.3. The SMILES string of the molecule is CCCCCCCCC(C)OC(=O)CCCCCN(CCO)CCCCCCCC(=O)N(CCCCCCCC)CCCCCCCC. The van der Waals surface area contributed by atoms with Crippen LogP contribution in [0.5, 0.6) is 0 Å². The topological polar surface area (TPSA) is 70.1 Å². The molecular formula is C42H84N2O4. The van der Waals surface area contributed by atoms with Gasteiger partial charge in [-0.05, 0) is 71.4 Å². The van der Waals surface area contributed by atoms with Gasteiger partial charge in [0.1, 0.15) is 0 Å². The Labute approximate surface area is 299 Å². The lowest BCUT2D eigenvalue weighted by Gasteiger charge is -2.23. The number of amides is 1. The fraction of sp³-hybridized carbons (Fsp3) is 0.952. The zero-order valence-corrected chi connectivity index (χ0v) is 32.9. The molecule has 1 unspecified atom stereocenters. The highest BCUT2D eigenvalue weighted by atomic mass is 16.5. The van der Waals surface area contributed by atoms with Crippen molar-refractivity contribution in [3.63, 3.8) is 0 Å². The minimum atomic E-state index is -0.0503. The van der Waals surface area contributed by atoms with Gasteiger partial charge in [0.25, 0.3) is 0 Å². The largest absolute Gasteiger partial charge is 0.463 e. The summed E-state index contributed by atoms with van der Waals surface area (Å²) in [7, 11) is 0. The number of aliphatic hydroxyl groups is 1. The first-order chi connectivity index (χ1) is 23.5. The second-order valence-corrected chi connectivity index (χ2v) is 14.7. The number of carbonyl (C=O) groups excluding carboxylic acids is 2. The smallest absolute Gasteiger partial charge is 0.306 e. The van der Waals surface area contributed by atoms with Gasteiger partial charge >= 0.3 is 5.97 Å². The predicted octanol–water partition coefficient (Wildman–Crippen LogP) is 11.4. The molecular weight excluding hydrogens is 596 g/mol. The normalized spacial score (nSPS) is 12.1. The molecule has 1 amide bonds. The Bertz CT molecular complexity index is 673. The molecule has 0 aromatic carbocycles. The van der Waals surface area contributed by atoms with Crippen molar-refractivity contribution in [2.75, 3.05) is 39.3 Å². The van der Waals surface area contributed by atoms with Crippen LogP contribution in [0.3, 0.4) is 0 Å². The van der Waals surface area contributed by atoms with E-state index in [1.54, 1.807) is 0 Å². The lowest BCUT2D eigenvalue weighted by molar-refractivity contribution is -0.148. The molecule has 0 aliphatic heterocycles. The van der Waals surface area contributed by atoms with E-state index in [0.29, 0.717) is 18.7 Å². The van der Waals surface area contributed by atoms with Crippen LogP contribution in [-0.2, 0) is 14.3 Å². The fourth-order valence-corrected chi connectivity index (χ4v) is 6.64. The molecule has 286 valence electrons. The van der Waals surface area contributed by atoms with E-state index in [9.17, 15) is 14.7 Å². The highest BCUT2D eigenvalue weighted by molar-refractivity contribution is 5.76. The minimum absolute atomic E-state index is 0.0312. The van der Waals surface area contributed by atoms with E-state index in [-0.39, 0.29) is 18.7 Å². The molecule has 0 fully saturated rings. The second-order valence-electron chi connectivity index (χ2n) is 14.7. The first-order valence-corrected chi connectivity index (χ1v) is 21.3. The number of aliphatic hydroxyl groups excluding tert-OH is 1. The standard InChI is InChI=1S/C42H84N2O4/c1-5-8-11-14-18-24-31-40(4)48-42(47)33-26-23-28-35-43(38-39-45)34-27-20-17-19-25-32-41(46)44(36-29-21-15-12-9-6-2)37-30-22-16-13-10-7-3/h40,45H,5-39H2,1-4H3. The van der Waals surface area contributed by atoms with E-state index in [1.165, 1.54) is 109 Å². The number of esters is 1. The third-order valence-electron chi connectivity index (χ3n) is 9.85. The number of hydrogen-bond acceptors (Lipinski definition) is 5. The molecule has 0 saturated heterocycles. The molecule has 0 rings (SSSR count). The molecule has 0 heterocycles. The Balaban J connectivity index is 4.09. The Kier molecular flexibility index (Phi) is 36.2. The maximum atomic E-state index is 13.1. The Morgan fingerprint density at radius 2 is 0.896 bits per heavy atom. The third-order valence-corrected chi connectivity index (χ3v) is 9.85. The van der Waals surface area contributed by atoms with Crippen LogP contribution in [-0.4, -0.2) is 72.2 Å². The molecule has 1 atom stereocenters. The number of ether oxygens (including phenoxy) is 1. The van der Waals surface area contributed by atoms with Gasteiger partial charge in [-0.3, -0.25) is 9.59 Å². The molecule has 0 aromatic heterocycles. The van der Waals surface area contributed by atoms with Crippen LogP contribution in [0.25, 0.3) is 0 Å². The molecule has 48 heavy (non-hydrogen) atoms. The summed E-state index contributed by atoms with van der Waals surface area (Å²) in [6, 6.07) is 0. The quantitative estimate of drug-likeness (QED) is 0.0519. The molecule has 0 aliphatic rings. The van der Waals surface area contributed by atoms with Crippen molar-refractivity contribution in [3.05, 3.63) is 0 Å². The molecule has 0 spiro atoms. The second kappa shape index (κ2) is 37.1. The molecule has 1 N–H and O–H groups in total. The number of rotatable bonds is 38. The Morgan fingerprint density at radius 3 is 1.40 bits per heavy atom. The van der Waals surface area contributed by atoms with Crippen molar-refractivity contribution in [1.82, 2.24) is 9.80 Å². The Hall–Kier alpha value is -1.14. The van der Waals surface area contributed by atoms with E-state index in [2.05, 4.69) is 30.6 Å². The molecule has 0 aromatic rings. The van der Waals surface area contributed by atoms with Crippen LogP contribution in [0.1, 0.15) is 214 Å². The summed E-state index contributed by atoms with van der Waals surface area (Å²) in [4.78, 5) is 29.9. The van der Waals surface area contributed by atoms with Gasteiger partial charge in [-0.25, -0.2) is 0 Å². The molecule has 6 nitrogen and oxygen atoms in total. The van der Waals surface area contributed by atoms with Crippen molar-refractivity contribution in [3.8, 4) is 0 Å². The van der Waals surface area contributed by atoms with Gasteiger partial charge in [0.15, 0.2) is 0 Å². The first kappa shape index (κ1) is 46.9. The molecule has 6 heteroatoms. The maximum Gasteiger partial charge on any atom is 0.306 e. The van der Waals surface area contributed by atoms with Crippen molar-refractivity contribution < 1.29 is 19.4 Å². The van der Waals surface area contributed by atoms with E-state index < -0.39 is 0 Å². The van der Waals surface area contributed by atoms with Crippen LogP contribution in [0.15, 0.2) is 0 Å². The summed E-state index contributed by atoms with van der Waals surface area (Å²) in [5.41, 5.74) is 0. The minimum Gasteiger partial charge on any atom is -0.463 e. The average molecular weight is 681 g/mol. The van der Waals surface area contributed by atoms with Crippen LogP contribution in [0.4, 0.5) is 0 Å². The fourth-order valence-electron chi connectivity index (χ4n) is 6.64. The zero-order valence-electron chi connectivity index (χ0n) is 32.9. The van der Waals surface area contributed by atoms with Crippen molar-refractivity contribution in [2.24, 2.45) is 0 Å². The maximum absolute atomic E-state index is 13.1. The van der Waals surface area contributed by atoms with Gasteiger partial charge in [-0.2, -0.15) is 0 Å². The summed E-state index contributed by atoms with van der Waals surface area (Å²) in [5.74, 6) is 0.327. The van der Waals surface area contributed by atoms with Gasteiger partial charge in [0.2, 0.25) is 5.91 Å². The number of hydrogen-bond donors (Lipinski definition) is 1. The van der Waals surface area contributed by atoms with Gasteiger partial charge < -0.3 is 19.6 Å². The highest BCUT2D eigenvalue weighted by Gasteiger charge is 2.13. The lowest BCUT2D eigenvalue weighted by Crippen LogP contribution is -2.32. The monoisotopic (exact) mass is 681 g/mol.